The lowest BCUT2D eigenvalue weighted by Gasteiger charge is -2.22. The van der Waals surface area contributed by atoms with Crippen LogP contribution in [0.2, 0.25) is 0 Å². The molecular weight excluding hydrogens is 260 g/mol. The summed E-state index contributed by atoms with van der Waals surface area (Å²) in [5.74, 6) is 0.415. The van der Waals surface area contributed by atoms with Gasteiger partial charge in [0.25, 0.3) is 5.91 Å². The van der Waals surface area contributed by atoms with Crippen molar-refractivity contribution in [1.29, 1.82) is 0 Å². The molecule has 0 spiro atoms. The number of piperidine rings is 1. The van der Waals surface area contributed by atoms with Gasteiger partial charge in [-0.1, -0.05) is 0 Å². The molecule has 1 aliphatic rings. The zero-order valence-electron chi connectivity index (χ0n) is 8.07. The number of rotatable bonds is 2. The fraction of sp³-hybridized carbons (Fsp3) is 0.400. The lowest BCUT2D eigenvalue weighted by Crippen LogP contribution is -2.43. The number of hydrogen-bond acceptors (Lipinski definition) is 3. The molecule has 2 rings (SSSR count). The maximum atomic E-state index is 11.4. The Hall–Kier alpha value is -1.10. The minimum atomic E-state index is -0.412. The van der Waals surface area contributed by atoms with Crippen molar-refractivity contribution in [2.24, 2.45) is 0 Å². The molecule has 0 aromatic carbocycles. The molecule has 0 aliphatic carbocycles. The predicted molar refractivity (Wildman–Crippen MR) is 58.6 cm³/mol. The third-order valence-corrected chi connectivity index (χ3v) is 2.82. The van der Waals surface area contributed by atoms with E-state index in [0.29, 0.717) is 5.88 Å². The van der Waals surface area contributed by atoms with Gasteiger partial charge in [-0.3, -0.25) is 4.79 Å². The van der Waals surface area contributed by atoms with Crippen molar-refractivity contribution in [3.05, 3.63) is 22.8 Å². The second-order valence-electron chi connectivity index (χ2n) is 3.33. The van der Waals surface area contributed by atoms with Gasteiger partial charge in [0.1, 0.15) is 0 Å². The first-order valence-corrected chi connectivity index (χ1v) is 5.61. The van der Waals surface area contributed by atoms with Crippen molar-refractivity contribution in [3.63, 3.8) is 0 Å². The molecule has 80 valence electrons. The van der Waals surface area contributed by atoms with Crippen LogP contribution in [0.4, 0.5) is 0 Å². The van der Waals surface area contributed by atoms with Gasteiger partial charge in [0.15, 0.2) is 6.10 Å². The van der Waals surface area contributed by atoms with Crippen molar-refractivity contribution >= 4 is 21.8 Å². The average molecular weight is 271 g/mol. The molecule has 1 aromatic rings. The van der Waals surface area contributed by atoms with Crippen LogP contribution in [0, 0.1) is 0 Å². The van der Waals surface area contributed by atoms with Crippen LogP contribution in [0.1, 0.15) is 12.8 Å². The highest BCUT2D eigenvalue weighted by Gasteiger charge is 2.24. The van der Waals surface area contributed by atoms with Gasteiger partial charge in [-0.25, -0.2) is 4.98 Å². The van der Waals surface area contributed by atoms with E-state index < -0.39 is 6.10 Å². The van der Waals surface area contributed by atoms with Gasteiger partial charge < -0.3 is 10.1 Å². The van der Waals surface area contributed by atoms with E-state index >= 15 is 0 Å². The molecule has 0 radical (unpaired) electrons. The summed E-state index contributed by atoms with van der Waals surface area (Å²) < 4.78 is 6.30. The van der Waals surface area contributed by atoms with Crippen molar-refractivity contribution in [3.8, 4) is 5.88 Å². The fourth-order valence-electron chi connectivity index (χ4n) is 1.45. The average Bonchev–Trinajstić information content (AvgIpc) is 2.24. The second-order valence-corrected chi connectivity index (χ2v) is 4.18. The standard InChI is InChI=1S/C10H11BrN2O2/c11-7-3-1-6-13-10(7)15-8-4-2-5-12-9(8)14/h1,3,6,8H,2,4-5H2,(H,12,14). The fourth-order valence-corrected chi connectivity index (χ4v) is 1.80. The number of pyridine rings is 1. The highest BCUT2D eigenvalue weighted by molar-refractivity contribution is 9.10. The van der Waals surface area contributed by atoms with Crippen LogP contribution in [0.5, 0.6) is 5.88 Å². The Labute approximate surface area is 96.2 Å². The summed E-state index contributed by atoms with van der Waals surface area (Å²) >= 11 is 3.32. The summed E-state index contributed by atoms with van der Waals surface area (Å²) in [5.41, 5.74) is 0. The molecule has 1 amide bonds. The molecule has 1 N–H and O–H groups in total. The maximum absolute atomic E-state index is 11.4. The molecule has 1 atom stereocenters. The Bertz CT molecular complexity index is 370. The van der Waals surface area contributed by atoms with Gasteiger partial charge in [0.05, 0.1) is 4.47 Å². The largest absolute Gasteiger partial charge is 0.463 e. The number of carbonyl (C=O) groups is 1. The van der Waals surface area contributed by atoms with Gasteiger partial charge >= 0.3 is 0 Å². The topological polar surface area (TPSA) is 51.2 Å². The Morgan fingerprint density at radius 2 is 2.47 bits per heavy atom. The summed E-state index contributed by atoms with van der Waals surface area (Å²) in [6.07, 6.45) is 2.92. The van der Waals surface area contributed by atoms with Crippen molar-refractivity contribution < 1.29 is 9.53 Å². The van der Waals surface area contributed by atoms with Gasteiger partial charge in [-0.2, -0.15) is 0 Å². The number of hydrogen-bond donors (Lipinski definition) is 1. The van der Waals surface area contributed by atoms with Crippen LogP contribution in [0.15, 0.2) is 22.8 Å². The molecular formula is C10H11BrN2O2. The first-order chi connectivity index (χ1) is 7.27. The Morgan fingerprint density at radius 3 is 3.20 bits per heavy atom. The van der Waals surface area contributed by atoms with E-state index in [2.05, 4.69) is 26.2 Å². The molecule has 4 nitrogen and oxygen atoms in total. The van der Waals surface area contributed by atoms with E-state index in [-0.39, 0.29) is 5.91 Å². The number of nitrogens with zero attached hydrogens (tertiary/aromatic N) is 1. The Morgan fingerprint density at radius 1 is 1.60 bits per heavy atom. The molecule has 5 heteroatoms. The lowest BCUT2D eigenvalue weighted by atomic mass is 10.1. The Kier molecular flexibility index (Phi) is 3.20. The third kappa shape index (κ3) is 2.47. The second kappa shape index (κ2) is 4.61. The Balaban J connectivity index is 2.08. The minimum absolute atomic E-state index is 0.0567. The van der Waals surface area contributed by atoms with E-state index in [1.165, 1.54) is 0 Å². The first kappa shape index (κ1) is 10.4. The molecule has 1 unspecified atom stereocenters. The van der Waals surface area contributed by atoms with Gasteiger partial charge in [0.2, 0.25) is 5.88 Å². The molecule has 1 aromatic heterocycles. The van der Waals surface area contributed by atoms with Gasteiger partial charge in [-0.05, 0) is 40.9 Å². The number of carbonyl (C=O) groups excluding carboxylic acids is 1. The molecule has 1 aliphatic heterocycles. The third-order valence-electron chi connectivity index (χ3n) is 2.21. The quantitative estimate of drug-likeness (QED) is 0.886. The normalized spacial score (nSPS) is 20.9. The van der Waals surface area contributed by atoms with Crippen LogP contribution in [-0.4, -0.2) is 23.5 Å². The first-order valence-electron chi connectivity index (χ1n) is 4.82. The summed E-state index contributed by atoms with van der Waals surface area (Å²) in [6, 6.07) is 3.64. The zero-order valence-corrected chi connectivity index (χ0v) is 9.66. The van der Waals surface area contributed by atoms with E-state index in [1.54, 1.807) is 12.3 Å². The van der Waals surface area contributed by atoms with E-state index in [4.69, 9.17) is 4.74 Å². The van der Waals surface area contributed by atoms with Crippen LogP contribution in [0.3, 0.4) is 0 Å². The van der Waals surface area contributed by atoms with Crippen LogP contribution in [0.25, 0.3) is 0 Å². The van der Waals surface area contributed by atoms with E-state index in [9.17, 15) is 4.79 Å². The van der Waals surface area contributed by atoms with Gasteiger partial charge in [0, 0.05) is 12.7 Å². The smallest absolute Gasteiger partial charge is 0.261 e. The highest BCUT2D eigenvalue weighted by Crippen LogP contribution is 2.23. The summed E-state index contributed by atoms with van der Waals surface area (Å²) in [4.78, 5) is 15.5. The molecule has 2 heterocycles. The van der Waals surface area contributed by atoms with Crippen molar-refractivity contribution in [2.45, 2.75) is 18.9 Å². The summed E-state index contributed by atoms with van der Waals surface area (Å²) in [7, 11) is 0. The lowest BCUT2D eigenvalue weighted by molar-refractivity contribution is -0.130. The number of nitrogens with one attached hydrogen (secondary N) is 1. The molecule has 0 bridgehead atoms. The van der Waals surface area contributed by atoms with E-state index in [1.807, 2.05) is 6.07 Å². The SMILES string of the molecule is O=C1NCCCC1Oc1ncccc1Br. The summed E-state index contributed by atoms with van der Waals surface area (Å²) in [6.45, 7) is 0.738. The van der Waals surface area contributed by atoms with Crippen LogP contribution < -0.4 is 10.1 Å². The molecule has 15 heavy (non-hydrogen) atoms. The number of halogens is 1. The highest BCUT2D eigenvalue weighted by atomic mass is 79.9. The molecule has 1 fully saturated rings. The number of amides is 1. The minimum Gasteiger partial charge on any atom is -0.463 e. The maximum Gasteiger partial charge on any atom is 0.261 e. The van der Waals surface area contributed by atoms with Crippen LogP contribution in [-0.2, 0) is 4.79 Å². The molecule has 0 saturated carbocycles. The predicted octanol–water partition coefficient (Wildman–Crippen LogP) is 1.50. The number of aromatic nitrogens is 1. The summed E-state index contributed by atoms with van der Waals surface area (Å²) in [5, 5.41) is 2.76. The number of ether oxygens (including phenoxy) is 1. The van der Waals surface area contributed by atoms with Crippen LogP contribution >= 0.6 is 15.9 Å². The van der Waals surface area contributed by atoms with Crippen molar-refractivity contribution in [2.75, 3.05) is 6.54 Å². The van der Waals surface area contributed by atoms with Crippen molar-refractivity contribution in [1.82, 2.24) is 10.3 Å². The van der Waals surface area contributed by atoms with Gasteiger partial charge in [-0.15, -0.1) is 0 Å². The van der Waals surface area contributed by atoms with E-state index in [0.717, 1.165) is 23.9 Å². The molecule has 1 saturated heterocycles. The monoisotopic (exact) mass is 270 g/mol. The zero-order chi connectivity index (χ0) is 10.7.